The number of quaternary nitrogens is 1. The molecule has 0 aliphatic carbocycles. The molecule has 1 aromatic rings. The molecule has 1 atom stereocenters. The summed E-state index contributed by atoms with van der Waals surface area (Å²) in [5.74, 6) is 0.606. The Balaban J connectivity index is 2.15. The molecule has 1 unspecified atom stereocenters. The summed E-state index contributed by atoms with van der Waals surface area (Å²) in [5.41, 5.74) is 4.40. The molecule has 3 N–H and O–H groups in total. The van der Waals surface area contributed by atoms with Gasteiger partial charge in [0.25, 0.3) is 0 Å². The Morgan fingerprint density at radius 2 is 2.00 bits per heavy atom. The lowest BCUT2D eigenvalue weighted by Gasteiger charge is -2.14. The number of rotatable bonds is 4. The van der Waals surface area contributed by atoms with E-state index in [0.29, 0.717) is 12.1 Å². The lowest BCUT2D eigenvalue weighted by Crippen LogP contribution is -2.51. The highest BCUT2D eigenvalue weighted by Crippen LogP contribution is 2.28. The number of hydrogen-bond acceptors (Lipinski definition) is 3. The highest BCUT2D eigenvalue weighted by molar-refractivity contribution is 8.00. The van der Waals surface area contributed by atoms with E-state index in [1.54, 1.807) is 12.1 Å². The molecule has 2 rings (SSSR count). The van der Waals surface area contributed by atoms with Gasteiger partial charge in [0.2, 0.25) is 11.8 Å². The number of imide groups is 1. The Kier molecular flexibility index (Phi) is 3.81. The Morgan fingerprint density at radius 3 is 2.65 bits per heavy atom. The Hall–Kier alpha value is -1.33. The molecule has 5 heteroatoms. The van der Waals surface area contributed by atoms with Gasteiger partial charge >= 0.3 is 0 Å². The molecule has 1 aliphatic heterocycles. The lowest BCUT2D eigenvalue weighted by atomic mass is 10.3. The smallest absolute Gasteiger partial charge is 0.247 e. The number of amides is 2. The van der Waals surface area contributed by atoms with Crippen molar-refractivity contribution < 1.29 is 15.3 Å². The van der Waals surface area contributed by atoms with Gasteiger partial charge in [-0.1, -0.05) is 18.2 Å². The highest BCUT2D eigenvalue weighted by Gasteiger charge is 2.39. The van der Waals surface area contributed by atoms with E-state index in [0.717, 1.165) is 12.3 Å². The molecule has 4 nitrogen and oxygen atoms in total. The van der Waals surface area contributed by atoms with Crippen LogP contribution in [-0.4, -0.2) is 29.4 Å². The molecule has 1 aliphatic rings. The van der Waals surface area contributed by atoms with E-state index in [-0.39, 0.29) is 17.1 Å². The first kappa shape index (κ1) is 12.1. The van der Waals surface area contributed by atoms with Crippen molar-refractivity contribution in [1.82, 2.24) is 0 Å². The molecule has 90 valence electrons. The lowest BCUT2D eigenvalue weighted by molar-refractivity contribution is -0.360. The quantitative estimate of drug-likeness (QED) is 0.782. The fourth-order valence-corrected chi connectivity index (χ4v) is 2.77. The molecule has 0 aromatic heterocycles. The van der Waals surface area contributed by atoms with Crippen LogP contribution in [0.3, 0.4) is 0 Å². The van der Waals surface area contributed by atoms with Gasteiger partial charge in [0.15, 0.2) is 0 Å². The molecule has 1 aromatic carbocycles. The van der Waals surface area contributed by atoms with Crippen LogP contribution in [0, 0.1) is 0 Å². The predicted molar refractivity (Wildman–Crippen MR) is 67.6 cm³/mol. The van der Waals surface area contributed by atoms with Gasteiger partial charge in [0.05, 0.1) is 17.5 Å². The van der Waals surface area contributed by atoms with Crippen LogP contribution in [0.4, 0.5) is 5.69 Å². The summed E-state index contributed by atoms with van der Waals surface area (Å²) < 4.78 is 0. The average Bonchev–Trinajstić information content (AvgIpc) is 2.63. The molecule has 2 amide bonds. The first-order valence-corrected chi connectivity index (χ1v) is 6.61. The maximum Gasteiger partial charge on any atom is 0.247 e. The van der Waals surface area contributed by atoms with Crippen LogP contribution in [0.15, 0.2) is 30.3 Å². The van der Waals surface area contributed by atoms with Crippen LogP contribution >= 0.6 is 11.8 Å². The van der Waals surface area contributed by atoms with E-state index in [9.17, 15) is 9.59 Å². The van der Waals surface area contributed by atoms with Crippen LogP contribution in [-0.2, 0) is 9.59 Å². The van der Waals surface area contributed by atoms with E-state index < -0.39 is 0 Å². The van der Waals surface area contributed by atoms with Crippen LogP contribution in [0.1, 0.15) is 6.42 Å². The van der Waals surface area contributed by atoms with Crippen molar-refractivity contribution in [3.63, 3.8) is 0 Å². The predicted octanol–water partition coefficient (Wildman–Crippen LogP) is 0.294. The molecular weight excluding hydrogens is 236 g/mol. The van der Waals surface area contributed by atoms with Crippen molar-refractivity contribution >= 4 is 29.3 Å². The maximum atomic E-state index is 12.1. The number of nitrogens with zero attached hydrogens (tertiary/aromatic N) is 1. The summed E-state index contributed by atoms with van der Waals surface area (Å²) in [4.78, 5) is 25.2. The van der Waals surface area contributed by atoms with E-state index in [1.807, 2.05) is 18.2 Å². The van der Waals surface area contributed by atoms with Gasteiger partial charge in [-0.05, 0) is 12.1 Å². The standard InChI is InChI=1S/C12H14N2O2S/c13-6-7-17-10-8-11(15)14(12(10)16)9-4-2-1-3-5-9/h1-5,10H,6-8,13H2/p+1. The number of para-hydroxylation sites is 1. The van der Waals surface area contributed by atoms with Crippen molar-refractivity contribution in [1.29, 1.82) is 0 Å². The summed E-state index contributed by atoms with van der Waals surface area (Å²) in [6.45, 7) is 0.772. The maximum absolute atomic E-state index is 12.1. The fraction of sp³-hybridized carbons (Fsp3) is 0.333. The Bertz CT molecular complexity index is 422. The second-order valence-corrected chi connectivity index (χ2v) is 5.13. The minimum absolute atomic E-state index is 0.0975. The van der Waals surface area contributed by atoms with Crippen LogP contribution in [0.5, 0.6) is 0 Å². The first-order chi connectivity index (χ1) is 8.24. The molecule has 0 spiro atoms. The van der Waals surface area contributed by atoms with E-state index >= 15 is 0 Å². The fourth-order valence-electron chi connectivity index (χ4n) is 1.81. The van der Waals surface area contributed by atoms with Gasteiger partial charge in [0.1, 0.15) is 0 Å². The van der Waals surface area contributed by atoms with Gasteiger partial charge in [-0.15, -0.1) is 11.8 Å². The van der Waals surface area contributed by atoms with Crippen molar-refractivity contribution in [2.45, 2.75) is 11.7 Å². The highest BCUT2D eigenvalue weighted by atomic mass is 32.2. The topological polar surface area (TPSA) is 65.0 Å². The largest absolute Gasteiger partial charge is 0.357 e. The van der Waals surface area contributed by atoms with E-state index in [4.69, 9.17) is 0 Å². The summed E-state index contributed by atoms with van der Waals surface area (Å²) in [7, 11) is 0. The van der Waals surface area contributed by atoms with E-state index in [2.05, 4.69) is 5.73 Å². The normalized spacial score (nSPS) is 20.1. The molecule has 0 bridgehead atoms. The number of anilines is 1. The Morgan fingerprint density at radius 1 is 1.29 bits per heavy atom. The van der Waals surface area contributed by atoms with Gasteiger partial charge in [-0.2, -0.15) is 0 Å². The van der Waals surface area contributed by atoms with E-state index in [1.165, 1.54) is 16.7 Å². The molecule has 0 radical (unpaired) electrons. The van der Waals surface area contributed by atoms with Crippen LogP contribution < -0.4 is 10.6 Å². The van der Waals surface area contributed by atoms with Crippen molar-refractivity contribution in [3.8, 4) is 0 Å². The molecule has 17 heavy (non-hydrogen) atoms. The monoisotopic (exact) mass is 251 g/mol. The number of benzene rings is 1. The van der Waals surface area contributed by atoms with Gasteiger partial charge < -0.3 is 5.73 Å². The zero-order valence-electron chi connectivity index (χ0n) is 9.46. The number of hydrogen-bond donors (Lipinski definition) is 1. The molecular formula is C12H15N2O2S+. The van der Waals surface area contributed by atoms with Crippen LogP contribution in [0.25, 0.3) is 0 Å². The first-order valence-electron chi connectivity index (χ1n) is 5.56. The summed E-state index contributed by atoms with van der Waals surface area (Å²) in [6, 6.07) is 9.08. The number of thioether (sulfide) groups is 1. The number of carbonyl (C=O) groups is 2. The van der Waals surface area contributed by atoms with Gasteiger partial charge in [-0.3, -0.25) is 9.59 Å². The number of carbonyl (C=O) groups excluding carboxylic acids is 2. The zero-order valence-corrected chi connectivity index (χ0v) is 10.3. The minimum atomic E-state index is -0.232. The van der Waals surface area contributed by atoms with Gasteiger partial charge in [0, 0.05) is 12.2 Å². The average molecular weight is 251 g/mol. The van der Waals surface area contributed by atoms with Crippen LogP contribution in [0.2, 0.25) is 0 Å². The Labute approximate surface area is 104 Å². The van der Waals surface area contributed by atoms with Crippen molar-refractivity contribution in [2.24, 2.45) is 0 Å². The molecule has 1 saturated heterocycles. The van der Waals surface area contributed by atoms with Crippen molar-refractivity contribution in [2.75, 3.05) is 17.2 Å². The third-order valence-electron chi connectivity index (χ3n) is 2.58. The van der Waals surface area contributed by atoms with Gasteiger partial charge in [-0.25, -0.2) is 4.90 Å². The minimum Gasteiger partial charge on any atom is -0.357 e. The molecule has 1 fully saturated rings. The third kappa shape index (κ3) is 2.50. The summed E-state index contributed by atoms with van der Waals surface area (Å²) in [5, 5.41) is -0.232. The van der Waals surface area contributed by atoms with Crippen molar-refractivity contribution in [3.05, 3.63) is 30.3 Å². The SMILES string of the molecule is [NH3+]CCSC1CC(=O)N(c2ccccc2)C1=O. The summed E-state index contributed by atoms with van der Waals surface area (Å²) >= 11 is 1.52. The summed E-state index contributed by atoms with van der Waals surface area (Å²) in [6.07, 6.45) is 0.304. The second kappa shape index (κ2) is 5.33. The second-order valence-electron chi connectivity index (χ2n) is 3.82. The zero-order chi connectivity index (χ0) is 12.3. The molecule has 0 saturated carbocycles. The molecule has 1 heterocycles. The third-order valence-corrected chi connectivity index (χ3v) is 3.88.